The van der Waals surface area contributed by atoms with Crippen LogP contribution in [0.15, 0.2) is 64.1 Å². The minimum atomic E-state index is -0.759. The molecule has 2 aromatic carbocycles. The molecule has 0 unspecified atom stereocenters. The van der Waals surface area contributed by atoms with Crippen LogP contribution in [0.5, 0.6) is 0 Å². The van der Waals surface area contributed by atoms with E-state index in [1.807, 2.05) is 48.5 Å². The minimum absolute atomic E-state index is 0.0209. The number of halogens is 2. The molecule has 4 heterocycles. The van der Waals surface area contributed by atoms with Crippen LogP contribution in [0.3, 0.4) is 0 Å². The van der Waals surface area contributed by atoms with Gasteiger partial charge in [-0.25, -0.2) is 4.99 Å². The molecule has 6 rings (SSSR count). The highest BCUT2D eigenvalue weighted by atomic mass is 35.5. The maximum atomic E-state index is 14.3. The van der Waals surface area contributed by atoms with Gasteiger partial charge in [0.2, 0.25) is 5.91 Å². The number of morpholine rings is 1. The molecule has 11 heteroatoms. The number of allylic oxidation sites excluding steroid dienone is 1. The number of benzene rings is 2. The largest absolute Gasteiger partial charge is 0.391 e. The highest BCUT2D eigenvalue weighted by molar-refractivity contribution is 8.18. The van der Waals surface area contributed by atoms with Crippen LogP contribution < -0.4 is 0 Å². The lowest BCUT2D eigenvalue weighted by atomic mass is 9.81. The first-order valence-corrected chi connectivity index (χ1v) is 15.8. The van der Waals surface area contributed by atoms with Gasteiger partial charge in [-0.3, -0.25) is 9.59 Å². The maximum Gasteiger partial charge on any atom is 0.263 e. The van der Waals surface area contributed by atoms with Gasteiger partial charge in [0.15, 0.2) is 5.17 Å². The molecule has 1 N–H and O–H groups in total. The summed E-state index contributed by atoms with van der Waals surface area (Å²) < 4.78 is 5.41. The van der Waals surface area contributed by atoms with Crippen molar-refractivity contribution in [2.24, 2.45) is 10.9 Å². The lowest BCUT2D eigenvalue weighted by Crippen LogP contribution is -2.51. The van der Waals surface area contributed by atoms with Crippen LogP contribution in [0.25, 0.3) is 0 Å². The molecule has 0 aliphatic carbocycles. The fourth-order valence-corrected chi connectivity index (χ4v) is 8.08. The Balaban J connectivity index is 1.40. The number of ether oxygens (including phenoxy) is 1. The fraction of sp³-hybridized carbons (Fsp3) is 0.452. The standard InChI is InChI=1S/C31H34Cl2N4O4S/c1-18(2)25-26(29(40)36-17-23(38)16-24(36)28(39)35-12-14-41-15-13-35)42-30-34-31(3,20-6-10-22(33)11-7-20)27(37(25)30)19-4-8-21(32)9-5-19/h4-11,18,23-24,27,38H,12-17H2,1-3H3/t23-,24+,27+,31-/m0/s1. The van der Waals surface area contributed by atoms with Crippen molar-refractivity contribution in [2.75, 3.05) is 32.8 Å². The smallest absolute Gasteiger partial charge is 0.263 e. The van der Waals surface area contributed by atoms with Crippen molar-refractivity contribution in [3.63, 3.8) is 0 Å². The van der Waals surface area contributed by atoms with Crippen LogP contribution in [-0.2, 0) is 19.9 Å². The van der Waals surface area contributed by atoms with E-state index >= 15 is 0 Å². The summed E-state index contributed by atoms with van der Waals surface area (Å²) in [6.07, 6.45) is -0.533. The molecule has 8 nitrogen and oxygen atoms in total. The van der Waals surface area contributed by atoms with Crippen molar-refractivity contribution in [1.29, 1.82) is 0 Å². The molecule has 2 aromatic rings. The molecule has 2 amide bonds. The Morgan fingerprint density at radius 2 is 1.67 bits per heavy atom. The van der Waals surface area contributed by atoms with Gasteiger partial charge in [0.25, 0.3) is 5.91 Å². The van der Waals surface area contributed by atoms with E-state index in [-0.39, 0.29) is 36.7 Å². The highest BCUT2D eigenvalue weighted by Gasteiger charge is 2.54. The van der Waals surface area contributed by atoms with E-state index in [4.69, 9.17) is 32.9 Å². The molecule has 42 heavy (non-hydrogen) atoms. The third-order valence-corrected chi connectivity index (χ3v) is 10.1. The van der Waals surface area contributed by atoms with E-state index in [9.17, 15) is 14.7 Å². The zero-order chi connectivity index (χ0) is 29.8. The summed E-state index contributed by atoms with van der Waals surface area (Å²) in [4.78, 5) is 39.1. The van der Waals surface area contributed by atoms with Gasteiger partial charge in [-0.15, -0.1) is 0 Å². The number of carbonyl (C=O) groups is 2. The average Bonchev–Trinajstić information content (AvgIpc) is 3.63. The van der Waals surface area contributed by atoms with Crippen molar-refractivity contribution in [3.8, 4) is 0 Å². The van der Waals surface area contributed by atoms with Gasteiger partial charge in [0.1, 0.15) is 16.5 Å². The topological polar surface area (TPSA) is 85.7 Å². The fourth-order valence-electron chi connectivity index (χ4n) is 6.46. The molecule has 0 radical (unpaired) electrons. The third-order valence-electron chi connectivity index (χ3n) is 8.51. The molecule has 4 atom stereocenters. The molecular formula is C31H34Cl2N4O4S. The monoisotopic (exact) mass is 628 g/mol. The molecule has 0 bridgehead atoms. The van der Waals surface area contributed by atoms with Crippen LogP contribution in [0.2, 0.25) is 10.0 Å². The van der Waals surface area contributed by atoms with E-state index in [0.717, 1.165) is 22.0 Å². The van der Waals surface area contributed by atoms with Crippen molar-refractivity contribution in [2.45, 2.75) is 50.9 Å². The number of rotatable bonds is 5. The molecule has 4 aliphatic heterocycles. The number of hydrogen-bond donors (Lipinski definition) is 1. The number of aliphatic imine (C=N–C) groups is 1. The van der Waals surface area contributed by atoms with Crippen LogP contribution in [0, 0.1) is 5.92 Å². The summed E-state index contributed by atoms with van der Waals surface area (Å²) >= 11 is 13.9. The highest BCUT2D eigenvalue weighted by Crippen LogP contribution is 2.56. The predicted octanol–water partition coefficient (Wildman–Crippen LogP) is 5.06. The average molecular weight is 630 g/mol. The first kappa shape index (κ1) is 29.5. The third kappa shape index (κ3) is 5.13. The normalized spacial score (nSPS) is 27.6. The minimum Gasteiger partial charge on any atom is -0.391 e. The predicted molar refractivity (Wildman–Crippen MR) is 165 cm³/mol. The van der Waals surface area contributed by atoms with Gasteiger partial charge >= 0.3 is 0 Å². The Bertz CT molecular complexity index is 1440. The molecule has 0 saturated carbocycles. The number of nitrogens with zero attached hydrogens (tertiary/aromatic N) is 4. The Hall–Kier alpha value is -2.56. The van der Waals surface area contributed by atoms with Crippen molar-refractivity contribution in [1.82, 2.24) is 14.7 Å². The number of amides is 2. The molecule has 4 aliphatic rings. The summed E-state index contributed by atoms with van der Waals surface area (Å²) in [6, 6.07) is 14.5. The summed E-state index contributed by atoms with van der Waals surface area (Å²) in [5.41, 5.74) is 2.21. The lowest BCUT2D eigenvalue weighted by molar-refractivity contribution is -0.144. The van der Waals surface area contributed by atoms with E-state index < -0.39 is 17.7 Å². The Morgan fingerprint density at radius 3 is 2.29 bits per heavy atom. The zero-order valence-corrected chi connectivity index (χ0v) is 26.1. The van der Waals surface area contributed by atoms with Crippen molar-refractivity contribution in [3.05, 3.63) is 80.3 Å². The lowest BCUT2D eigenvalue weighted by Gasteiger charge is -2.37. The molecule has 0 aromatic heterocycles. The first-order valence-electron chi connectivity index (χ1n) is 14.3. The molecule has 2 saturated heterocycles. The van der Waals surface area contributed by atoms with Crippen LogP contribution in [0.1, 0.15) is 44.4 Å². The molecular weight excluding hydrogens is 595 g/mol. The zero-order valence-electron chi connectivity index (χ0n) is 23.8. The van der Waals surface area contributed by atoms with Gasteiger partial charge in [-0.1, -0.05) is 61.3 Å². The second-order valence-electron chi connectivity index (χ2n) is 11.6. The van der Waals surface area contributed by atoms with Gasteiger partial charge in [-0.05, 0) is 60.0 Å². The summed E-state index contributed by atoms with van der Waals surface area (Å²) in [5.74, 6) is -0.399. The van der Waals surface area contributed by atoms with Crippen LogP contribution in [0.4, 0.5) is 0 Å². The number of carbonyl (C=O) groups excluding carboxylic acids is 2. The number of β-amino-alcohol motifs (C(OH)–C–C–N with tert-alkyl or cyclic N) is 1. The molecule has 2 fully saturated rings. The van der Waals surface area contributed by atoms with Gasteiger partial charge in [0.05, 0.1) is 25.4 Å². The quantitative estimate of drug-likeness (QED) is 0.498. The number of aliphatic hydroxyl groups is 1. The Morgan fingerprint density at radius 1 is 1.05 bits per heavy atom. The number of likely N-dealkylation sites (tertiary alicyclic amines) is 1. The number of hydrogen-bond acceptors (Lipinski definition) is 7. The first-order chi connectivity index (χ1) is 20.1. The Labute approximate surface area is 260 Å². The number of thioether (sulfide) groups is 1. The SMILES string of the molecule is CC(C)C1=C(C(=O)N2C[C@@H](O)C[C@@H]2C(=O)N2CCOCC2)SC2=N[C@@](C)(c3ccc(Cl)cc3)[C@@H](c3ccc(Cl)cc3)N21. The summed E-state index contributed by atoms with van der Waals surface area (Å²) in [5, 5.41) is 12.6. The van der Waals surface area contributed by atoms with Crippen LogP contribution in [-0.4, -0.2) is 81.8 Å². The number of fused-ring (bicyclic) bond motifs is 1. The van der Waals surface area contributed by atoms with E-state index in [1.165, 1.54) is 11.8 Å². The summed E-state index contributed by atoms with van der Waals surface area (Å²) in [6.45, 7) is 8.27. The number of aliphatic hydroxyl groups excluding tert-OH is 1. The second-order valence-corrected chi connectivity index (χ2v) is 13.5. The Kier molecular flexibility index (Phi) is 8.08. The van der Waals surface area contributed by atoms with Gasteiger partial charge in [0, 0.05) is 41.8 Å². The summed E-state index contributed by atoms with van der Waals surface area (Å²) in [7, 11) is 0. The van der Waals surface area contributed by atoms with Gasteiger partial charge in [-0.2, -0.15) is 0 Å². The van der Waals surface area contributed by atoms with Crippen molar-refractivity contribution >= 4 is 51.9 Å². The molecule has 0 spiro atoms. The maximum absolute atomic E-state index is 14.3. The van der Waals surface area contributed by atoms with Gasteiger partial charge < -0.3 is 24.5 Å². The van der Waals surface area contributed by atoms with Crippen molar-refractivity contribution < 1.29 is 19.4 Å². The van der Waals surface area contributed by atoms with Crippen LogP contribution >= 0.6 is 35.0 Å². The second kappa shape index (κ2) is 11.5. The number of amidine groups is 1. The van der Waals surface area contributed by atoms with E-state index in [0.29, 0.717) is 41.3 Å². The molecule has 222 valence electrons. The van der Waals surface area contributed by atoms with E-state index in [2.05, 4.69) is 25.7 Å². The van der Waals surface area contributed by atoms with E-state index in [1.54, 1.807) is 9.80 Å².